The normalized spacial score (nSPS) is 12.4. The summed E-state index contributed by atoms with van der Waals surface area (Å²) in [6, 6.07) is 16.4. The van der Waals surface area contributed by atoms with E-state index in [1.165, 1.54) is 14.2 Å². The third-order valence-electron chi connectivity index (χ3n) is 4.15. The van der Waals surface area contributed by atoms with Gasteiger partial charge in [0.25, 0.3) is 0 Å². The van der Waals surface area contributed by atoms with Gasteiger partial charge in [0.15, 0.2) is 0 Å². The lowest BCUT2D eigenvalue weighted by molar-refractivity contribution is -0.136. The number of alkyl carbamates (subject to hydrolysis) is 1. The summed E-state index contributed by atoms with van der Waals surface area (Å²) < 4.78 is 10.6. The van der Waals surface area contributed by atoms with E-state index in [9.17, 15) is 9.59 Å². The zero-order valence-corrected chi connectivity index (χ0v) is 17.6. The van der Waals surface area contributed by atoms with Gasteiger partial charge in [-0.2, -0.15) is 0 Å². The number of ether oxygens (including phenoxy) is 2. The van der Waals surface area contributed by atoms with Gasteiger partial charge in [-0.3, -0.25) is 0 Å². The molecule has 6 nitrogen and oxygen atoms in total. The first-order chi connectivity index (χ1) is 13.5. The molecule has 0 unspecified atom stereocenters. The summed E-state index contributed by atoms with van der Waals surface area (Å²) in [6.45, 7) is 2.30. The Morgan fingerprint density at radius 1 is 1.00 bits per heavy atom. The molecule has 7 heteroatoms. The smallest absolute Gasteiger partial charge is 0.407 e. The third kappa shape index (κ3) is 5.85. The molecule has 0 saturated carbocycles. The molecule has 2 aromatic rings. The molecule has 2 aromatic carbocycles. The number of halogens is 1. The largest absolute Gasteiger partial charge is 0.466 e. The van der Waals surface area contributed by atoms with Crippen LogP contribution in [-0.2, 0) is 20.8 Å². The Balaban J connectivity index is 2.42. The van der Waals surface area contributed by atoms with Crippen LogP contribution in [-0.4, -0.2) is 26.3 Å². The summed E-state index contributed by atoms with van der Waals surface area (Å²) in [6.07, 6.45) is -0.648. The summed E-state index contributed by atoms with van der Waals surface area (Å²) in [5.74, 6) is -0.539. The highest BCUT2D eigenvalue weighted by atomic mass is 79.9. The van der Waals surface area contributed by atoms with E-state index < -0.39 is 18.1 Å². The number of rotatable bonds is 7. The van der Waals surface area contributed by atoms with Crippen LogP contribution in [0.3, 0.4) is 0 Å². The van der Waals surface area contributed by atoms with E-state index in [4.69, 9.17) is 9.47 Å². The van der Waals surface area contributed by atoms with Gasteiger partial charge < -0.3 is 20.1 Å². The fourth-order valence-corrected chi connectivity index (χ4v) is 2.94. The first-order valence-corrected chi connectivity index (χ1v) is 9.42. The second-order valence-electron chi connectivity index (χ2n) is 5.99. The molecule has 0 heterocycles. The number of hydrogen-bond acceptors (Lipinski definition) is 5. The summed E-state index contributed by atoms with van der Waals surface area (Å²) in [5, 5.41) is 5.97. The van der Waals surface area contributed by atoms with Crippen molar-refractivity contribution in [1.82, 2.24) is 10.6 Å². The minimum absolute atomic E-state index is 0.297. The molecule has 0 bridgehead atoms. The SMILES string of the molecule is COC(=O)N[C@H](/C(C(=O)OC)=C(\C)NCc1ccccc1)c1ccc(Br)cc1. The second-order valence-corrected chi connectivity index (χ2v) is 6.91. The predicted molar refractivity (Wildman–Crippen MR) is 110 cm³/mol. The molecule has 0 fully saturated rings. The monoisotopic (exact) mass is 446 g/mol. The molecule has 1 amide bonds. The molecule has 148 valence electrons. The standard InChI is InChI=1S/C21H23BrN2O4/c1-14(23-13-15-7-5-4-6-8-15)18(20(25)27-2)19(24-21(26)28-3)16-9-11-17(22)12-10-16/h4-12,19,23H,13H2,1-3H3,(H,24,26)/b18-14-/t19-/m0/s1. The molecule has 2 N–H and O–H groups in total. The van der Waals surface area contributed by atoms with Crippen molar-refractivity contribution in [2.24, 2.45) is 0 Å². The fourth-order valence-electron chi connectivity index (χ4n) is 2.68. The highest BCUT2D eigenvalue weighted by Crippen LogP contribution is 2.26. The van der Waals surface area contributed by atoms with E-state index >= 15 is 0 Å². The number of esters is 1. The highest BCUT2D eigenvalue weighted by Gasteiger charge is 2.28. The van der Waals surface area contributed by atoms with Crippen LogP contribution < -0.4 is 10.6 Å². The van der Waals surface area contributed by atoms with Crippen molar-refractivity contribution in [2.45, 2.75) is 19.5 Å². The van der Waals surface area contributed by atoms with E-state index in [2.05, 4.69) is 26.6 Å². The first kappa shape index (κ1) is 21.5. The molecule has 0 aliphatic carbocycles. The minimum atomic E-state index is -0.740. The Morgan fingerprint density at radius 3 is 2.21 bits per heavy atom. The van der Waals surface area contributed by atoms with Gasteiger partial charge in [-0.05, 0) is 30.2 Å². The summed E-state index contributed by atoms with van der Waals surface area (Å²) in [4.78, 5) is 24.5. The summed E-state index contributed by atoms with van der Waals surface area (Å²) in [5.41, 5.74) is 2.67. The molecule has 1 atom stereocenters. The van der Waals surface area contributed by atoms with E-state index in [1.807, 2.05) is 54.6 Å². The average molecular weight is 447 g/mol. The molecule has 28 heavy (non-hydrogen) atoms. The van der Waals surface area contributed by atoms with Crippen molar-refractivity contribution >= 4 is 28.0 Å². The first-order valence-electron chi connectivity index (χ1n) is 8.63. The Morgan fingerprint density at radius 2 is 1.64 bits per heavy atom. The maximum Gasteiger partial charge on any atom is 0.407 e. The molecule has 2 rings (SSSR count). The lowest BCUT2D eigenvalue weighted by atomic mass is 9.97. The zero-order valence-electron chi connectivity index (χ0n) is 16.0. The van der Waals surface area contributed by atoms with Crippen LogP contribution in [0.25, 0.3) is 0 Å². The summed E-state index contributed by atoms with van der Waals surface area (Å²) in [7, 11) is 2.58. The van der Waals surface area contributed by atoms with Crippen molar-refractivity contribution in [2.75, 3.05) is 14.2 Å². The quantitative estimate of drug-likeness (QED) is 0.494. The lowest BCUT2D eigenvalue weighted by Crippen LogP contribution is -2.34. The fraction of sp³-hybridized carbons (Fsp3) is 0.238. The maximum atomic E-state index is 12.6. The molecular weight excluding hydrogens is 424 g/mol. The third-order valence-corrected chi connectivity index (χ3v) is 4.68. The van der Waals surface area contributed by atoms with E-state index in [-0.39, 0.29) is 0 Å². The van der Waals surface area contributed by atoms with Crippen molar-refractivity contribution in [3.8, 4) is 0 Å². The van der Waals surface area contributed by atoms with Gasteiger partial charge in [-0.25, -0.2) is 9.59 Å². The molecule has 0 radical (unpaired) electrons. The van der Waals surface area contributed by atoms with Crippen molar-refractivity contribution in [3.05, 3.63) is 81.5 Å². The number of allylic oxidation sites excluding steroid dienone is 1. The van der Waals surface area contributed by atoms with Gasteiger partial charge in [0, 0.05) is 16.7 Å². The zero-order chi connectivity index (χ0) is 20.5. The van der Waals surface area contributed by atoms with Gasteiger partial charge in [-0.1, -0.05) is 58.4 Å². The van der Waals surface area contributed by atoms with Gasteiger partial charge in [0.1, 0.15) is 0 Å². The van der Waals surface area contributed by atoms with Crippen LogP contribution in [0, 0.1) is 0 Å². The second kappa shape index (κ2) is 10.5. The minimum Gasteiger partial charge on any atom is -0.466 e. The molecule has 0 aromatic heterocycles. The molecular formula is C21H23BrN2O4. The number of methoxy groups -OCH3 is 2. The van der Waals surface area contributed by atoms with Crippen LogP contribution in [0.4, 0.5) is 4.79 Å². The van der Waals surface area contributed by atoms with E-state index in [0.29, 0.717) is 17.8 Å². The van der Waals surface area contributed by atoms with Crippen molar-refractivity contribution < 1.29 is 19.1 Å². The average Bonchev–Trinajstić information content (AvgIpc) is 2.72. The number of benzene rings is 2. The lowest BCUT2D eigenvalue weighted by Gasteiger charge is -2.23. The Labute approximate surface area is 173 Å². The van der Waals surface area contributed by atoms with Crippen LogP contribution in [0.5, 0.6) is 0 Å². The van der Waals surface area contributed by atoms with Crippen molar-refractivity contribution in [1.29, 1.82) is 0 Å². The van der Waals surface area contributed by atoms with E-state index in [1.54, 1.807) is 6.92 Å². The molecule has 0 saturated heterocycles. The van der Waals surface area contributed by atoms with Crippen LogP contribution in [0.1, 0.15) is 24.1 Å². The maximum absolute atomic E-state index is 12.6. The summed E-state index contributed by atoms with van der Waals surface area (Å²) >= 11 is 3.39. The van der Waals surface area contributed by atoms with Crippen molar-refractivity contribution in [3.63, 3.8) is 0 Å². The van der Waals surface area contributed by atoms with Crippen LogP contribution in [0.2, 0.25) is 0 Å². The van der Waals surface area contributed by atoms with Gasteiger partial charge >= 0.3 is 12.1 Å². The molecule has 0 spiro atoms. The van der Waals surface area contributed by atoms with Crippen LogP contribution >= 0.6 is 15.9 Å². The molecule has 0 aliphatic heterocycles. The van der Waals surface area contributed by atoms with Gasteiger partial charge in [0.05, 0.1) is 25.8 Å². The Kier molecular flexibility index (Phi) is 8.07. The highest BCUT2D eigenvalue weighted by molar-refractivity contribution is 9.10. The number of nitrogens with one attached hydrogen (secondary N) is 2. The number of amides is 1. The number of carbonyl (C=O) groups is 2. The van der Waals surface area contributed by atoms with Crippen LogP contribution in [0.15, 0.2) is 70.3 Å². The van der Waals surface area contributed by atoms with Gasteiger partial charge in [-0.15, -0.1) is 0 Å². The Hall–Kier alpha value is -2.80. The predicted octanol–water partition coefficient (Wildman–Crippen LogP) is 4.08. The number of hydrogen-bond donors (Lipinski definition) is 2. The Bertz CT molecular complexity index is 835. The van der Waals surface area contributed by atoms with E-state index in [0.717, 1.165) is 15.6 Å². The number of carbonyl (C=O) groups excluding carboxylic acids is 2. The molecule has 0 aliphatic rings. The topological polar surface area (TPSA) is 76.7 Å². The van der Waals surface area contributed by atoms with Gasteiger partial charge in [0.2, 0.25) is 0 Å².